The van der Waals surface area contributed by atoms with Gasteiger partial charge < -0.3 is 19.7 Å². The van der Waals surface area contributed by atoms with Crippen molar-refractivity contribution in [2.45, 2.75) is 18.9 Å². The summed E-state index contributed by atoms with van der Waals surface area (Å²) in [6.45, 7) is 0.920. The van der Waals surface area contributed by atoms with Gasteiger partial charge in [-0.2, -0.15) is 0 Å². The summed E-state index contributed by atoms with van der Waals surface area (Å²) in [7, 11) is 0. The van der Waals surface area contributed by atoms with Gasteiger partial charge in [0.25, 0.3) is 5.91 Å². The van der Waals surface area contributed by atoms with Gasteiger partial charge in [0.1, 0.15) is 11.7 Å². The molecule has 2 atom stereocenters. The average Bonchev–Trinajstić information content (AvgIpc) is 3.10. The van der Waals surface area contributed by atoms with Crippen LogP contribution < -0.4 is 5.32 Å². The zero-order valence-electron chi connectivity index (χ0n) is 13.3. The highest BCUT2D eigenvalue weighted by Gasteiger charge is 2.32. The summed E-state index contributed by atoms with van der Waals surface area (Å²) in [6, 6.07) is 7.38. The van der Waals surface area contributed by atoms with Crippen molar-refractivity contribution in [3.8, 4) is 11.3 Å². The van der Waals surface area contributed by atoms with E-state index in [2.05, 4.69) is 10.5 Å². The minimum atomic E-state index is -1.10. The smallest absolute Gasteiger partial charge is 0.326 e. The Morgan fingerprint density at radius 1 is 1.36 bits per heavy atom. The Kier molecular flexibility index (Phi) is 5.35. The zero-order chi connectivity index (χ0) is 17.8. The Balaban J connectivity index is 1.73. The van der Waals surface area contributed by atoms with Crippen LogP contribution in [-0.2, 0) is 9.53 Å². The molecule has 2 unspecified atom stereocenters. The summed E-state index contributed by atoms with van der Waals surface area (Å²) in [6.07, 6.45) is 1.45. The number of halogens is 1. The van der Waals surface area contributed by atoms with E-state index in [-0.39, 0.29) is 11.7 Å². The molecule has 1 aromatic heterocycles. The van der Waals surface area contributed by atoms with Crippen molar-refractivity contribution in [1.29, 1.82) is 0 Å². The second-order valence-electron chi connectivity index (χ2n) is 5.85. The monoisotopic (exact) mass is 364 g/mol. The molecule has 2 N–H and O–H groups in total. The standard InChI is InChI=1S/C17H17ClN2O5/c18-12-5-1-3-10(7-12)13-8-14(25-20-13)16(21)19-15(17(22)23)11-4-2-6-24-9-11/h1,3,5,7-8,11,15H,2,4,6,9H2,(H,19,21)(H,22,23). The van der Waals surface area contributed by atoms with E-state index in [9.17, 15) is 14.7 Å². The molecule has 132 valence electrons. The number of carboxylic acid groups (broad SMARTS) is 1. The summed E-state index contributed by atoms with van der Waals surface area (Å²) in [5.74, 6) is -2.05. The van der Waals surface area contributed by atoms with Crippen LogP contribution in [0.5, 0.6) is 0 Å². The Bertz CT molecular complexity index is 770. The summed E-state index contributed by atoms with van der Waals surface area (Å²) < 4.78 is 10.4. The van der Waals surface area contributed by atoms with Crippen LogP contribution in [0.2, 0.25) is 5.02 Å². The van der Waals surface area contributed by atoms with Gasteiger partial charge in [0.2, 0.25) is 5.76 Å². The van der Waals surface area contributed by atoms with E-state index >= 15 is 0 Å². The normalized spacial score (nSPS) is 18.5. The molecule has 1 saturated heterocycles. The van der Waals surface area contributed by atoms with Gasteiger partial charge in [0.15, 0.2) is 0 Å². The van der Waals surface area contributed by atoms with Crippen molar-refractivity contribution in [3.05, 3.63) is 41.1 Å². The first-order chi connectivity index (χ1) is 12.0. The van der Waals surface area contributed by atoms with Crippen LogP contribution in [0.3, 0.4) is 0 Å². The predicted molar refractivity (Wildman–Crippen MR) is 89.4 cm³/mol. The highest BCUT2D eigenvalue weighted by molar-refractivity contribution is 6.30. The summed E-state index contributed by atoms with van der Waals surface area (Å²) in [4.78, 5) is 23.8. The molecule has 3 rings (SSSR count). The van der Waals surface area contributed by atoms with Gasteiger partial charge in [-0.15, -0.1) is 0 Å². The number of ether oxygens (including phenoxy) is 1. The van der Waals surface area contributed by atoms with E-state index in [0.717, 1.165) is 6.42 Å². The maximum atomic E-state index is 12.3. The van der Waals surface area contributed by atoms with Gasteiger partial charge >= 0.3 is 5.97 Å². The van der Waals surface area contributed by atoms with Crippen LogP contribution in [0.15, 0.2) is 34.9 Å². The third kappa shape index (κ3) is 4.18. The number of carbonyl (C=O) groups excluding carboxylic acids is 1. The molecule has 2 aromatic rings. The lowest BCUT2D eigenvalue weighted by molar-refractivity contribution is -0.142. The first-order valence-corrected chi connectivity index (χ1v) is 8.26. The summed E-state index contributed by atoms with van der Waals surface area (Å²) in [5.41, 5.74) is 1.14. The van der Waals surface area contributed by atoms with Crippen molar-refractivity contribution in [3.63, 3.8) is 0 Å². The third-order valence-electron chi connectivity index (χ3n) is 4.07. The quantitative estimate of drug-likeness (QED) is 0.845. The molecule has 0 bridgehead atoms. The summed E-state index contributed by atoms with van der Waals surface area (Å²) >= 11 is 5.94. The number of hydrogen-bond donors (Lipinski definition) is 2. The highest BCUT2D eigenvalue weighted by Crippen LogP contribution is 2.23. The Morgan fingerprint density at radius 2 is 2.20 bits per heavy atom. The number of nitrogens with zero attached hydrogens (tertiary/aromatic N) is 1. The minimum absolute atomic E-state index is 0.0575. The molecular formula is C17H17ClN2O5. The maximum Gasteiger partial charge on any atom is 0.326 e. The molecule has 1 aliphatic rings. The first-order valence-electron chi connectivity index (χ1n) is 7.88. The Labute approximate surface area is 148 Å². The molecule has 1 aromatic carbocycles. The topological polar surface area (TPSA) is 102 Å². The molecule has 0 saturated carbocycles. The molecule has 2 heterocycles. The SMILES string of the molecule is O=C(NC(C(=O)O)C1CCCOC1)c1cc(-c2cccc(Cl)c2)no1. The fraction of sp³-hybridized carbons (Fsp3) is 0.353. The zero-order valence-corrected chi connectivity index (χ0v) is 14.0. The number of carboxylic acids is 1. The van der Waals surface area contributed by atoms with Crippen molar-refractivity contribution >= 4 is 23.5 Å². The molecular weight excluding hydrogens is 348 g/mol. The average molecular weight is 365 g/mol. The number of carbonyl (C=O) groups is 2. The van der Waals surface area contributed by atoms with E-state index in [1.54, 1.807) is 24.3 Å². The lowest BCUT2D eigenvalue weighted by atomic mass is 9.93. The van der Waals surface area contributed by atoms with Gasteiger partial charge in [-0.1, -0.05) is 28.9 Å². The second kappa shape index (κ2) is 7.67. The van der Waals surface area contributed by atoms with E-state index < -0.39 is 17.9 Å². The van der Waals surface area contributed by atoms with E-state index in [1.165, 1.54) is 6.07 Å². The second-order valence-corrected chi connectivity index (χ2v) is 6.29. The largest absolute Gasteiger partial charge is 0.480 e. The van der Waals surface area contributed by atoms with Crippen LogP contribution in [0.25, 0.3) is 11.3 Å². The van der Waals surface area contributed by atoms with Crippen LogP contribution in [0.4, 0.5) is 0 Å². The minimum Gasteiger partial charge on any atom is -0.480 e. The molecule has 1 fully saturated rings. The van der Waals surface area contributed by atoms with Crippen molar-refractivity contribution < 1.29 is 24.0 Å². The number of hydrogen-bond acceptors (Lipinski definition) is 5. The van der Waals surface area contributed by atoms with E-state index in [0.29, 0.717) is 35.9 Å². The molecule has 7 nitrogen and oxygen atoms in total. The van der Waals surface area contributed by atoms with Crippen LogP contribution in [-0.4, -0.2) is 41.4 Å². The lowest BCUT2D eigenvalue weighted by Gasteiger charge is -2.27. The number of rotatable bonds is 5. The number of amides is 1. The van der Waals surface area contributed by atoms with E-state index in [1.807, 2.05) is 0 Å². The van der Waals surface area contributed by atoms with Crippen molar-refractivity contribution in [1.82, 2.24) is 10.5 Å². The molecule has 0 radical (unpaired) electrons. The Hall–Kier alpha value is -2.38. The molecule has 25 heavy (non-hydrogen) atoms. The third-order valence-corrected chi connectivity index (χ3v) is 4.31. The van der Waals surface area contributed by atoms with Gasteiger partial charge in [-0.25, -0.2) is 4.79 Å². The number of aliphatic carboxylic acids is 1. The first kappa shape index (κ1) is 17.4. The molecule has 1 aliphatic heterocycles. The van der Waals surface area contributed by atoms with Crippen LogP contribution in [0, 0.1) is 5.92 Å². The Morgan fingerprint density at radius 3 is 2.88 bits per heavy atom. The van der Waals surface area contributed by atoms with Crippen molar-refractivity contribution in [2.24, 2.45) is 5.92 Å². The van der Waals surface area contributed by atoms with E-state index in [4.69, 9.17) is 20.9 Å². The van der Waals surface area contributed by atoms with Crippen LogP contribution in [0.1, 0.15) is 23.4 Å². The fourth-order valence-electron chi connectivity index (χ4n) is 2.79. The van der Waals surface area contributed by atoms with Gasteiger partial charge in [-0.05, 0) is 25.0 Å². The number of nitrogens with one attached hydrogen (secondary N) is 1. The summed E-state index contributed by atoms with van der Waals surface area (Å²) in [5, 5.41) is 16.3. The highest BCUT2D eigenvalue weighted by atomic mass is 35.5. The fourth-order valence-corrected chi connectivity index (χ4v) is 2.98. The molecule has 1 amide bonds. The number of benzene rings is 1. The van der Waals surface area contributed by atoms with Crippen LogP contribution >= 0.6 is 11.6 Å². The van der Waals surface area contributed by atoms with Gasteiger partial charge in [0.05, 0.1) is 6.61 Å². The number of aromatic nitrogens is 1. The van der Waals surface area contributed by atoms with Gasteiger partial charge in [0, 0.05) is 29.2 Å². The predicted octanol–water partition coefficient (Wildman–Crippen LogP) is 2.60. The van der Waals surface area contributed by atoms with Crippen molar-refractivity contribution in [2.75, 3.05) is 13.2 Å². The van der Waals surface area contributed by atoms with Gasteiger partial charge in [-0.3, -0.25) is 4.79 Å². The lowest BCUT2D eigenvalue weighted by Crippen LogP contribution is -2.48. The molecule has 0 spiro atoms. The molecule has 0 aliphatic carbocycles. The molecule has 8 heteroatoms. The maximum absolute atomic E-state index is 12.3.